The van der Waals surface area contributed by atoms with Crippen molar-refractivity contribution >= 4 is 29.0 Å². The Balaban J connectivity index is 1.63. The summed E-state index contributed by atoms with van der Waals surface area (Å²) in [6.07, 6.45) is 3.92. The Kier molecular flexibility index (Phi) is 4.72. The molecule has 3 rings (SSSR count). The van der Waals surface area contributed by atoms with Crippen molar-refractivity contribution in [1.29, 1.82) is 0 Å². The number of ether oxygens (including phenoxy) is 1. The molecule has 0 aliphatic rings. The number of carbonyl (C=O) groups excluding carboxylic acids is 1. The van der Waals surface area contributed by atoms with Crippen LogP contribution in [0.15, 0.2) is 67.0 Å². The van der Waals surface area contributed by atoms with Crippen LogP contribution in [0.4, 0.5) is 16.2 Å². The van der Waals surface area contributed by atoms with Gasteiger partial charge in [-0.25, -0.2) is 4.79 Å². The molecular formula is C18H16ClN3O2. The molecule has 2 amide bonds. The fraction of sp³-hybridized carbons (Fsp3) is 0.0556. The number of nitrogens with one attached hydrogen (secondary N) is 2. The number of rotatable bonds is 4. The lowest BCUT2D eigenvalue weighted by atomic mass is 10.2. The predicted octanol–water partition coefficient (Wildman–Crippen LogP) is 4.78. The molecule has 0 saturated carbocycles. The van der Waals surface area contributed by atoms with Crippen molar-refractivity contribution in [3.8, 4) is 11.4 Å². The van der Waals surface area contributed by atoms with E-state index in [0.717, 1.165) is 5.69 Å². The molecule has 1 aromatic heterocycles. The van der Waals surface area contributed by atoms with E-state index in [1.54, 1.807) is 25.3 Å². The molecule has 3 aromatic rings. The first-order chi connectivity index (χ1) is 11.7. The lowest BCUT2D eigenvalue weighted by molar-refractivity contribution is 0.262. The van der Waals surface area contributed by atoms with Crippen molar-refractivity contribution < 1.29 is 9.53 Å². The first-order valence-electron chi connectivity index (χ1n) is 7.30. The number of methoxy groups -OCH3 is 1. The number of aromatic nitrogens is 1. The fourth-order valence-electron chi connectivity index (χ4n) is 2.26. The van der Waals surface area contributed by atoms with Crippen molar-refractivity contribution in [2.24, 2.45) is 0 Å². The van der Waals surface area contributed by atoms with Crippen molar-refractivity contribution in [2.75, 3.05) is 17.7 Å². The normalized spacial score (nSPS) is 10.2. The number of amides is 2. The number of hydrogen-bond acceptors (Lipinski definition) is 2. The van der Waals surface area contributed by atoms with Crippen LogP contribution < -0.4 is 15.4 Å². The third-order valence-electron chi connectivity index (χ3n) is 3.44. The zero-order valence-corrected chi connectivity index (χ0v) is 13.7. The van der Waals surface area contributed by atoms with Gasteiger partial charge in [-0.15, -0.1) is 0 Å². The van der Waals surface area contributed by atoms with Crippen molar-refractivity contribution in [1.82, 2.24) is 4.57 Å². The molecule has 2 aromatic carbocycles. The Morgan fingerprint density at radius 3 is 2.25 bits per heavy atom. The maximum atomic E-state index is 12.1. The molecule has 122 valence electrons. The van der Waals surface area contributed by atoms with E-state index in [4.69, 9.17) is 16.3 Å². The van der Waals surface area contributed by atoms with E-state index in [-0.39, 0.29) is 6.03 Å². The lowest BCUT2D eigenvalue weighted by Crippen LogP contribution is -2.19. The maximum Gasteiger partial charge on any atom is 0.323 e. The van der Waals surface area contributed by atoms with Crippen LogP contribution in [-0.2, 0) is 0 Å². The van der Waals surface area contributed by atoms with Gasteiger partial charge in [0.05, 0.1) is 12.1 Å². The van der Waals surface area contributed by atoms with Gasteiger partial charge in [-0.05, 0) is 54.6 Å². The largest absolute Gasteiger partial charge is 0.495 e. The summed E-state index contributed by atoms with van der Waals surface area (Å²) in [6.45, 7) is 0. The van der Waals surface area contributed by atoms with Gasteiger partial charge in [0.2, 0.25) is 0 Å². The van der Waals surface area contributed by atoms with E-state index in [1.807, 2.05) is 53.4 Å². The monoisotopic (exact) mass is 341 g/mol. The van der Waals surface area contributed by atoms with E-state index >= 15 is 0 Å². The zero-order valence-electron chi connectivity index (χ0n) is 13.0. The molecule has 0 spiro atoms. The molecule has 0 radical (unpaired) electrons. The number of carbonyl (C=O) groups is 1. The van der Waals surface area contributed by atoms with Crippen LogP contribution in [0.3, 0.4) is 0 Å². The minimum atomic E-state index is -0.343. The second kappa shape index (κ2) is 7.10. The van der Waals surface area contributed by atoms with Crippen molar-refractivity contribution in [3.05, 3.63) is 72.0 Å². The molecule has 2 N–H and O–H groups in total. The molecule has 6 heteroatoms. The van der Waals surface area contributed by atoms with Crippen LogP contribution in [0.5, 0.6) is 5.75 Å². The highest BCUT2D eigenvalue weighted by molar-refractivity contribution is 6.32. The SMILES string of the molecule is COc1ccc(NC(=O)Nc2ccc(-n3cccc3)cc2)cc1Cl. The number of hydrogen-bond donors (Lipinski definition) is 2. The van der Waals surface area contributed by atoms with Crippen LogP contribution in [0.1, 0.15) is 0 Å². The van der Waals surface area contributed by atoms with E-state index in [9.17, 15) is 4.79 Å². The van der Waals surface area contributed by atoms with Gasteiger partial charge in [0.25, 0.3) is 0 Å². The summed E-state index contributed by atoms with van der Waals surface area (Å²) in [6, 6.07) is 16.2. The van der Waals surface area contributed by atoms with Crippen LogP contribution in [0.2, 0.25) is 5.02 Å². The van der Waals surface area contributed by atoms with Gasteiger partial charge in [0.1, 0.15) is 5.75 Å². The predicted molar refractivity (Wildman–Crippen MR) is 96.4 cm³/mol. The van der Waals surface area contributed by atoms with Gasteiger partial charge in [0.15, 0.2) is 0 Å². The lowest BCUT2D eigenvalue weighted by Gasteiger charge is -2.10. The summed E-state index contributed by atoms with van der Waals surface area (Å²) in [4.78, 5) is 12.1. The van der Waals surface area contributed by atoms with E-state index in [0.29, 0.717) is 22.1 Å². The standard InChI is InChI=1S/C18H16ClN3O2/c1-24-17-9-6-14(12-16(17)19)21-18(23)20-13-4-7-15(8-5-13)22-10-2-3-11-22/h2-12H,1H3,(H2,20,21,23). The third-order valence-corrected chi connectivity index (χ3v) is 3.73. The van der Waals surface area contributed by atoms with Crippen LogP contribution >= 0.6 is 11.6 Å². The molecule has 0 fully saturated rings. The van der Waals surface area contributed by atoms with Gasteiger partial charge in [0, 0.05) is 29.5 Å². The minimum Gasteiger partial charge on any atom is -0.495 e. The maximum absolute atomic E-state index is 12.1. The second-order valence-electron chi connectivity index (χ2n) is 5.07. The minimum absolute atomic E-state index is 0.343. The van der Waals surface area contributed by atoms with Crippen LogP contribution in [0.25, 0.3) is 5.69 Å². The zero-order chi connectivity index (χ0) is 16.9. The Bertz CT molecular complexity index is 830. The highest BCUT2D eigenvalue weighted by Gasteiger charge is 2.06. The highest BCUT2D eigenvalue weighted by Crippen LogP contribution is 2.27. The summed E-state index contributed by atoms with van der Waals surface area (Å²) in [5.74, 6) is 0.559. The summed E-state index contributed by atoms with van der Waals surface area (Å²) in [5, 5.41) is 5.94. The number of halogens is 1. The number of nitrogens with zero attached hydrogens (tertiary/aromatic N) is 1. The van der Waals surface area contributed by atoms with Crippen LogP contribution in [-0.4, -0.2) is 17.7 Å². The molecule has 0 aliphatic carbocycles. The average Bonchev–Trinajstić information content (AvgIpc) is 3.10. The fourth-order valence-corrected chi connectivity index (χ4v) is 2.52. The first-order valence-corrected chi connectivity index (χ1v) is 7.68. The molecule has 0 bridgehead atoms. The van der Waals surface area contributed by atoms with E-state index in [2.05, 4.69) is 10.6 Å². The molecular weight excluding hydrogens is 326 g/mol. The Labute approximate surface area is 144 Å². The molecule has 0 saturated heterocycles. The van der Waals surface area contributed by atoms with E-state index < -0.39 is 0 Å². The molecule has 24 heavy (non-hydrogen) atoms. The Hall–Kier alpha value is -2.92. The average molecular weight is 342 g/mol. The number of benzene rings is 2. The van der Waals surface area contributed by atoms with Gasteiger partial charge in [-0.1, -0.05) is 11.6 Å². The van der Waals surface area contributed by atoms with Crippen molar-refractivity contribution in [2.45, 2.75) is 0 Å². The van der Waals surface area contributed by atoms with Gasteiger partial charge >= 0.3 is 6.03 Å². The number of anilines is 2. The Morgan fingerprint density at radius 2 is 1.62 bits per heavy atom. The van der Waals surface area contributed by atoms with Gasteiger partial charge < -0.3 is 19.9 Å². The molecule has 0 aliphatic heterocycles. The summed E-state index contributed by atoms with van der Waals surface area (Å²) in [7, 11) is 1.54. The smallest absolute Gasteiger partial charge is 0.323 e. The molecule has 0 atom stereocenters. The van der Waals surface area contributed by atoms with Crippen LogP contribution in [0, 0.1) is 0 Å². The molecule has 0 unspecified atom stereocenters. The van der Waals surface area contributed by atoms with Crippen molar-refractivity contribution in [3.63, 3.8) is 0 Å². The third kappa shape index (κ3) is 3.70. The second-order valence-corrected chi connectivity index (χ2v) is 5.47. The molecule has 1 heterocycles. The Morgan fingerprint density at radius 1 is 1.00 bits per heavy atom. The topological polar surface area (TPSA) is 55.3 Å². The molecule has 5 nitrogen and oxygen atoms in total. The highest BCUT2D eigenvalue weighted by atomic mass is 35.5. The van der Waals surface area contributed by atoms with Gasteiger partial charge in [-0.2, -0.15) is 0 Å². The summed E-state index contributed by atoms with van der Waals surface area (Å²) < 4.78 is 7.07. The first kappa shape index (κ1) is 16.0. The van der Waals surface area contributed by atoms with Gasteiger partial charge in [-0.3, -0.25) is 0 Å². The summed E-state index contributed by atoms with van der Waals surface area (Å²) in [5.41, 5.74) is 2.30. The number of urea groups is 1. The summed E-state index contributed by atoms with van der Waals surface area (Å²) >= 11 is 6.04. The quantitative estimate of drug-likeness (QED) is 0.717. The van der Waals surface area contributed by atoms with E-state index in [1.165, 1.54) is 0 Å².